The number of nitrogens with zero attached hydrogens (tertiary/aromatic N) is 1. The average molecular weight is 201 g/mol. The lowest BCUT2D eigenvalue weighted by Crippen LogP contribution is -1.96. The van der Waals surface area contributed by atoms with E-state index in [0.717, 1.165) is 10.8 Å². The Morgan fingerprint density at radius 3 is 2.60 bits per heavy atom. The zero-order chi connectivity index (χ0) is 10.8. The molecule has 3 heteroatoms. The predicted octanol–water partition coefficient (Wildman–Crippen LogP) is 2.74. The number of hydrogen-bond acceptors (Lipinski definition) is 3. The van der Waals surface area contributed by atoms with Crippen LogP contribution in [0.3, 0.4) is 0 Å². The van der Waals surface area contributed by atoms with E-state index in [2.05, 4.69) is 5.16 Å². The van der Waals surface area contributed by atoms with E-state index in [1.807, 2.05) is 30.3 Å². The quantitative estimate of drug-likeness (QED) is 0.423. The normalized spacial score (nSPS) is 11.9. The molecule has 0 aromatic heterocycles. The van der Waals surface area contributed by atoms with Crippen molar-refractivity contribution in [1.29, 1.82) is 0 Å². The first-order valence-corrected chi connectivity index (χ1v) is 4.64. The fraction of sp³-hybridized carbons (Fsp3) is 0.0833. The van der Waals surface area contributed by atoms with Crippen LogP contribution in [0.1, 0.15) is 12.5 Å². The fourth-order valence-corrected chi connectivity index (χ4v) is 1.69. The molecule has 0 fully saturated rings. The lowest BCUT2D eigenvalue weighted by atomic mass is 10.0. The molecular formula is C12H11NO2. The van der Waals surface area contributed by atoms with E-state index >= 15 is 0 Å². The van der Waals surface area contributed by atoms with Gasteiger partial charge in [-0.05, 0) is 23.8 Å². The van der Waals surface area contributed by atoms with Crippen molar-refractivity contribution in [3.05, 3.63) is 42.0 Å². The Bertz CT molecular complexity index is 532. The predicted molar refractivity (Wildman–Crippen MR) is 59.6 cm³/mol. The van der Waals surface area contributed by atoms with Crippen LogP contribution in [0.5, 0.6) is 5.75 Å². The van der Waals surface area contributed by atoms with Gasteiger partial charge in [-0.3, -0.25) is 0 Å². The highest BCUT2D eigenvalue weighted by molar-refractivity contribution is 6.11. The van der Waals surface area contributed by atoms with Gasteiger partial charge in [-0.2, -0.15) is 0 Å². The zero-order valence-electron chi connectivity index (χ0n) is 8.31. The van der Waals surface area contributed by atoms with Crippen molar-refractivity contribution in [3.63, 3.8) is 0 Å². The third-order valence-electron chi connectivity index (χ3n) is 2.42. The fourth-order valence-electron chi connectivity index (χ4n) is 1.69. The molecule has 0 bridgehead atoms. The first-order valence-electron chi connectivity index (χ1n) is 4.64. The topological polar surface area (TPSA) is 52.8 Å². The minimum Gasteiger partial charge on any atom is -0.507 e. The largest absolute Gasteiger partial charge is 0.507 e. The van der Waals surface area contributed by atoms with E-state index in [4.69, 9.17) is 5.21 Å². The van der Waals surface area contributed by atoms with Crippen molar-refractivity contribution in [3.8, 4) is 5.75 Å². The third kappa shape index (κ3) is 1.52. The Labute approximate surface area is 87.3 Å². The number of fused-ring (bicyclic) bond motifs is 1. The molecule has 2 rings (SSSR count). The second-order valence-corrected chi connectivity index (χ2v) is 3.37. The van der Waals surface area contributed by atoms with E-state index in [0.29, 0.717) is 11.3 Å². The number of phenolic OH excluding ortho intramolecular Hbond substituents is 1. The van der Waals surface area contributed by atoms with Gasteiger partial charge < -0.3 is 10.3 Å². The highest BCUT2D eigenvalue weighted by atomic mass is 16.4. The number of phenols is 1. The van der Waals surface area contributed by atoms with Crippen molar-refractivity contribution < 1.29 is 10.3 Å². The molecule has 76 valence electrons. The van der Waals surface area contributed by atoms with Crippen LogP contribution in [0.25, 0.3) is 10.8 Å². The number of benzene rings is 2. The van der Waals surface area contributed by atoms with E-state index < -0.39 is 0 Å². The van der Waals surface area contributed by atoms with Gasteiger partial charge >= 0.3 is 0 Å². The molecule has 3 nitrogen and oxygen atoms in total. The molecule has 2 aromatic carbocycles. The van der Waals surface area contributed by atoms with Gasteiger partial charge in [-0.25, -0.2) is 0 Å². The van der Waals surface area contributed by atoms with Crippen LogP contribution in [0.4, 0.5) is 0 Å². The Hall–Kier alpha value is -2.03. The number of rotatable bonds is 1. The summed E-state index contributed by atoms with van der Waals surface area (Å²) >= 11 is 0. The summed E-state index contributed by atoms with van der Waals surface area (Å²) in [6, 6.07) is 11.1. The first kappa shape index (κ1) is 9.52. The Morgan fingerprint density at radius 2 is 1.87 bits per heavy atom. The number of aromatic hydroxyl groups is 1. The van der Waals surface area contributed by atoms with Crippen LogP contribution in [0.15, 0.2) is 41.6 Å². The molecule has 0 atom stereocenters. The van der Waals surface area contributed by atoms with Crippen molar-refractivity contribution in [1.82, 2.24) is 0 Å². The summed E-state index contributed by atoms with van der Waals surface area (Å²) in [5.41, 5.74) is 0.986. The van der Waals surface area contributed by atoms with Crippen molar-refractivity contribution in [2.75, 3.05) is 0 Å². The molecule has 0 amide bonds. The maximum atomic E-state index is 9.72. The van der Waals surface area contributed by atoms with Crippen LogP contribution in [0.2, 0.25) is 0 Å². The summed E-state index contributed by atoms with van der Waals surface area (Å²) in [6.07, 6.45) is 0. The lowest BCUT2D eigenvalue weighted by Gasteiger charge is -2.07. The second-order valence-electron chi connectivity index (χ2n) is 3.37. The molecule has 15 heavy (non-hydrogen) atoms. The van der Waals surface area contributed by atoms with Gasteiger partial charge in [0, 0.05) is 5.56 Å². The van der Waals surface area contributed by atoms with Gasteiger partial charge in [-0.15, -0.1) is 0 Å². The highest BCUT2D eigenvalue weighted by Crippen LogP contribution is 2.27. The third-order valence-corrected chi connectivity index (χ3v) is 2.42. The first-order chi connectivity index (χ1) is 7.24. The zero-order valence-corrected chi connectivity index (χ0v) is 8.31. The molecule has 0 heterocycles. The molecule has 2 aromatic rings. The van der Waals surface area contributed by atoms with Crippen LogP contribution in [-0.2, 0) is 0 Å². The average Bonchev–Trinajstić information content (AvgIpc) is 2.28. The number of hydrogen-bond donors (Lipinski definition) is 2. The van der Waals surface area contributed by atoms with Gasteiger partial charge in [0.15, 0.2) is 0 Å². The molecule has 0 aliphatic carbocycles. The summed E-state index contributed by atoms with van der Waals surface area (Å²) in [6.45, 7) is 1.65. The van der Waals surface area contributed by atoms with Crippen LogP contribution in [-0.4, -0.2) is 16.0 Å². The van der Waals surface area contributed by atoms with E-state index in [1.165, 1.54) is 0 Å². The molecule has 0 spiro atoms. The van der Waals surface area contributed by atoms with Gasteiger partial charge in [0.1, 0.15) is 5.75 Å². The minimum atomic E-state index is 0.129. The minimum absolute atomic E-state index is 0.129. The van der Waals surface area contributed by atoms with Crippen LogP contribution >= 0.6 is 0 Å². The Balaban J connectivity index is 2.86. The molecule has 2 N–H and O–H groups in total. The summed E-state index contributed by atoms with van der Waals surface area (Å²) in [5, 5.41) is 23.5. The summed E-state index contributed by atoms with van der Waals surface area (Å²) in [7, 11) is 0. The Kier molecular flexibility index (Phi) is 2.29. The second kappa shape index (κ2) is 3.61. The van der Waals surface area contributed by atoms with E-state index in [1.54, 1.807) is 13.0 Å². The smallest absolute Gasteiger partial charge is 0.125 e. The molecule has 0 saturated heterocycles. The molecule has 0 radical (unpaired) electrons. The summed E-state index contributed by atoms with van der Waals surface area (Å²) in [5.74, 6) is 0.129. The van der Waals surface area contributed by atoms with Gasteiger partial charge in [-0.1, -0.05) is 35.5 Å². The van der Waals surface area contributed by atoms with Crippen LogP contribution < -0.4 is 0 Å². The maximum Gasteiger partial charge on any atom is 0.125 e. The lowest BCUT2D eigenvalue weighted by molar-refractivity contribution is 0.319. The molecule has 0 saturated carbocycles. The van der Waals surface area contributed by atoms with Gasteiger partial charge in [0.2, 0.25) is 0 Å². The molecule has 0 aliphatic heterocycles. The SMILES string of the molecule is C/C(=N\O)c1c(O)ccc2ccccc12. The Morgan fingerprint density at radius 1 is 1.13 bits per heavy atom. The van der Waals surface area contributed by atoms with Crippen LogP contribution in [0, 0.1) is 0 Å². The van der Waals surface area contributed by atoms with E-state index in [9.17, 15) is 5.11 Å². The van der Waals surface area contributed by atoms with Gasteiger partial charge in [0.05, 0.1) is 5.71 Å². The maximum absolute atomic E-state index is 9.72. The highest BCUT2D eigenvalue weighted by Gasteiger charge is 2.09. The molecule has 0 unspecified atom stereocenters. The summed E-state index contributed by atoms with van der Waals surface area (Å²) < 4.78 is 0. The van der Waals surface area contributed by atoms with Gasteiger partial charge in [0.25, 0.3) is 0 Å². The molecular weight excluding hydrogens is 190 g/mol. The standard InChI is InChI=1S/C12H11NO2/c1-8(13-15)12-10-5-3-2-4-9(10)6-7-11(12)14/h2-7,14-15H,1H3/b13-8+. The number of oxime groups is 1. The molecule has 0 aliphatic rings. The van der Waals surface area contributed by atoms with Crippen molar-refractivity contribution in [2.45, 2.75) is 6.92 Å². The van der Waals surface area contributed by atoms with Crippen molar-refractivity contribution in [2.24, 2.45) is 5.16 Å². The summed E-state index contributed by atoms with van der Waals surface area (Å²) in [4.78, 5) is 0. The monoisotopic (exact) mass is 201 g/mol. The van der Waals surface area contributed by atoms with E-state index in [-0.39, 0.29) is 5.75 Å². The van der Waals surface area contributed by atoms with Crippen molar-refractivity contribution >= 4 is 16.5 Å².